The van der Waals surface area contributed by atoms with Crippen molar-refractivity contribution >= 4 is 23.3 Å². The molecule has 136 valence electrons. The highest BCUT2D eigenvalue weighted by Gasteiger charge is 2.40. The summed E-state index contributed by atoms with van der Waals surface area (Å²) in [4.78, 5) is 26.9. The molecule has 1 aromatic rings. The van der Waals surface area contributed by atoms with Gasteiger partial charge in [0.25, 0.3) is 5.92 Å². The van der Waals surface area contributed by atoms with Gasteiger partial charge >= 0.3 is 11.9 Å². The lowest BCUT2D eigenvalue weighted by Crippen LogP contribution is -2.37. The summed E-state index contributed by atoms with van der Waals surface area (Å²) in [5.41, 5.74) is -1.02. The zero-order chi connectivity index (χ0) is 18.9. The zero-order valence-corrected chi connectivity index (χ0v) is 14.0. The first kappa shape index (κ1) is 20.3. The van der Waals surface area contributed by atoms with Crippen LogP contribution in [0.3, 0.4) is 0 Å². The highest BCUT2D eigenvalue weighted by Crippen LogP contribution is 2.26. The fraction of sp³-hybridized carbons (Fsp3) is 0.353. The monoisotopic (exact) mass is 355 g/mol. The first-order valence-electron chi connectivity index (χ1n) is 7.38. The third kappa shape index (κ3) is 6.33. The molecular weight excluding hydrogens is 336 g/mol. The predicted molar refractivity (Wildman–Crippen MR) is 87.4 cm³/mol. The topological polar surface area (TPSA) is 74.2 Å². The van der Waals surface area contributed by atoms with E-state index in [4.69, 9.17) is 4.74 Å². The highest BCUT2D eigenvalue weighted by atomic mass is 19.3. The summed E-state index contributed by atoms with van der Waals surface area (Å²) >= 11 is 0. The molecule has 0 radical (unpaired) electrons. The average Bonchev–Trinajstić information content (AvgIpc) is 2.58. The Kier molecular flexibility index (Phi) is 7.71. The van der Waals surface area contributed by atoms with Gasteiger partial charge in [0, 0.05) is 6.42 Å². The van der Waals surface area contributed by atoms with Crippen LogP contribution in [0.4, 0.5) is 14.5 Å². The number of nitrogens with zero attached hydrogens (tertiary/aromatic N) is 1. The van der Waals surface area contributed by atoms with E-state index < -0.39 is 36.6 Å². The van der Waals surface area contributed by atoms with E-state index in [0.29, 0.717) is 5.75 Å². The number of aliphatic imine (C=N–C) groups is 1. The smallest absolute Gasteiger partial charge is 0.359 e. The standard InChI is InChI=1S/C17H19F2NO5/c1-4-10-17(18,19)15(16(22)25-11-14(21)24-5-2)20-12-6-8-13(23-3)9-7-12/h4,6-9H,1,5,10-11H2,2-3H3. The minimum atomic E-state index is -3.60. The SMILES string of the molecule is C=CCC(F)(F)C(=Nc1ccc(OC)cc1)C(=O)OCC(=O)OCC. The van der Waals surface area contributed by atoms with E-state index in [-0.39, 0.29) is 12.3 Å². The Balaban J connectivity index is 3.06. The molecule has 25 heavy (non-hydrogen) atoms. The number of methoxy groups -OCH3 is 1. The molecule has 8 heteroatoms. The predicted octanol–water partition coefficient (Wildman–Crippen LogP) is 3.09. The van der Waals surface area contributed by atoms with Gasteiger partial charge in [0.2, 0.25) is 0 Å². The van der Waals surface area contributed by atoms with Crippen molar-refractivity contribution in [1.29, 1.82) is 0 Å². The largest absolute Gasteiger partial charge is 0.497 e. The Bertz CT molecular complexity index is 641. The van der Waals surface area contributed by atoms with Gasteiger partial charge in [-0.1, -0.05) is 6.08 Å². The lowest BCUT2D eigenvalue weighted by atomic mass is 10.1. The van der Waals surface area contributed by atoms with Crippen LogP contribution in [0.25, 0.3) is 0 Å². The molecule has 1 rings (SSSR count). The molecule has 6 nitrogen and oxygen atoms in total. The second-order valence-corrected chi connectivity index (χ2v) is 4.74. The molecule has 0 heterocycles. The lowest BCUT2D eigenvalue weighted by molar-refractivity contribution is -0.155. The van der Waals surface area contributed by atoms with Gasteiger partial charge in [-0.05, 0) is 31.2 Å². The number of hydrogen-bond donors (Lipinski definition) is 0. The zero-order valence-electron chi connectivity index (χ0n) is 14.0. The highest BCUT2D eigenvalue weighted by molar-refractivity contribution is 6.39. The number of ether oxygens (including phenoxy) is 3. The van der Waals surface area contributed by atoms with Gasteiger partial charge in [-0.15, -0.1) is 6.58 Å². The van der Waals surface area contributed by atoms with E-state index in [1.807, 2.05) is 0 Å². The number of carbonyl (C=O) groups excluding carboxylic acids is 2. The molecule has 0 saturated heterocycles. The van der Waals surface area contributed by atoms with Gasteiger partial charge in [-0.25, -0.2) is 14.6 Å². The van der Waals surface area contributed by atoms with Crippen LogP contribution in [0.2, 0.25) is 0 Å². The molecule has 0 saturated carbocycles. The fourth-order valence-electron chi connectivity index (χ4n) is 1.74. The van der Waals surface area contributed by atoms with Crippen LogP contribution < -0.4 is 4.74 Å². The van der Waals surface area contributed by atoms with Crippen LogP contribution in [0.1, 0.15) is 13.3 Å². The molecule has 0 aliphatic carbocycles. The van der Waals surface area contributed by atoms with Crippen molar-refractivity contribution in [3.05, 3.63) is 36.9 Å². The Morgan fingerprint density at radius 1 is 1.24 bits per heavy atom. The number of carbonyl (C=O) groups is 2. The van der Waals surface area contributed by atoms with Crippen molar-refractivity contribution < 1.29 is 32.6 Å². The maximum absolute atomic E-state index is 14.2. The van der Waals surface area contributed by atoms with Crippen molar-refractivity contribution in [2.45, 2.75) is 19.3 Å². The van der Waals surface area contributed by atoms with Gasteiger partial charge in [0.15, 0.2) is 12.3 Å². The lowest BCUT2D eigenvalue weighted by Gasteiger charge is -2.16. The number of rotatable bonds is 9. The van der Waals surface area contributed by atoms with E-state index in [2.05, 4.69) is 21.0 Å². The molecule has 0 bridgehead atoms. The second kappa shape index (κ2) is 9.51. The summed E-state index contributed by atoms with van der Waals surface area (Å²) in [6.07, 6.45) is 0.151. The van der Waals surface area contributed by atoms with E-state index >= 15 is 0 Å². The van der Waals surface area contributed by atoms with E-state index in [1.165, 1.54) is 31.4 Å². The second-order valence-electron chi connectivity index (χ2n) is 4.74. The molecular formula is C17H19F2NO5. The third-order valence-electron chi connectivity index (χ3n) is 2.88. The van der Waals surface area contributed by atoms with Gasteiger partial charge in [0.1, 0.15) is 5.75 Å². The summed E-state index contributed by atoms with van der Waals surface area (Å²) in [5, 5.41) is 0. The molecule has 0 aromatic heterocycles. The van der Waals surface area contributed by atoms with Crippen LogP contribution in [0.15, 0.2) is 41.9 Å². The van der Waals surface area contributed by atoms with Gasteiger partial charge in [-0.2, -0.15) is 8.78 Å². The number of halogens is 2. The van der Waals surface area contributed by atoms with Crippen molar-refractivity contribution in [1.82, 2.24) is 0 Å². The van der Waals surface area contributed by atoms with Crippen LogP contribution in [-0.2, 0) is 19.1 Å². The van der Waals surface area contributed by atoms with Crippen molar-refractivity contribution in [2.75, 3.05) is 20.3 Å². The summed E-state index contributed by atoms with van der Waals surface area (Å²) < 4.78 is 42.5. The summed E-state index contributed by atoms with van der Waals surface area (Å²) in [7, 11) is 1.45. The molecule has 0 spiro atoms. The molecule has 0 fully saturated rings. The summed E-state index contributed by atoms with van der Waals surface area (Å²) in [6, 6.07) is 5.82. The van der Waals surface area contributed by atoms with E-state index in [9.17, 15) is 18.4 Å². The first-order chi connectivity index (χ1) is 11.8. The van der Waals surface area contributed by atoms with Gasteiger partial charge in [-0.3, -0.25) is 0 Å². The van der Waals surface area contributed by atoms with Crippen LogP contribution in [0, 0.1) is 0 Å². The summed E-state index contributed by atoms with van der Waals surface area (Å²) in [6.45, 7) is 4.10. The number of benzene rings is 1. The maximum Gasteiger partial charge on any atom is 0.359 e. The van der Waals surface area contributed by atoms with Crippen LogP contribution in [0.5, 0.6) is 5.75 Å². The number of alkyl halides is 2. The minimum absolute atomic E-state index is 0.0792. The van der Waals surface area contributed by atoms with Crippen molar-refractivity contribution in [2.24, 2.45) is 4.99 Å². The van der Waals surface area contributed by atoms with E-state index in [0.717, 1.165) is 6.08 Å². The molecule has 1 aromatic carbocycles. The first-order valence-corrected chi connectivity index (χ1v) is 7.38. The fourth-order valence-corrected chi connectivity index (χ4v) is 1.74. The number of esters is 2. The average molecular weight is 355 g/mol. The molecule has 0 aliphatic heterocycles. The normalized spacial score (nSPS) is 11.6. The Morgan fingerprint density at radius 2 is 1.88 bits per heavy atom. The Morgan fingerprint density at radius 3 is 2.40 bits per heavy atom. The minimum Gasteiger partial charge on any atom is -0.497 e. The van der Waals surface area contributed by atoms with Gasteiger partial charge < -0.3 is 14.2 Å². The molecule has 0 N–H and O–H groups in total. The Labute approximate surface area is 144 Å². The Hall–Kier alpha value is -2.77. The molecule has 0 aliphatic rings. The van der Waals surface area contributed by atoms with Crippen LogP contribution in [-0.4, -0.2) is 43.9 Å². The summed E-state index contributed by atoms with van der Waals surface area (Å²) in [5.74, 6) is -5.35. The molecule has 0 unspecified atom stereocenters. The van der Waals surface area contributed by atoms with Gasteiger partial charge in [0.05, 0.1) is 19.4 Å². The van der Waals surface area contributed by atoms with Crippen molar-refractivity contribution in [3.63, 3.8) is 0 Å². The number of allylic oxidation sites excluding steroid dienone is 1. The third-order valence-corrected chi connectivity index (χ3v) is 2.88. The quantitative estimate of drug-likeness (QED) is 0.387. The molecule has 0 atom stereocenters. The molecule has 0 amide bonds. The van der Waals surface area contributed by atoms with Crippen molar-refractivity contribution in [3.8, 4) is 5.75 Å². The maximum atomic E-state index is 14.2. The number of hydrogen-bond acceptors (Lipinski definition) is 6. The van der Waals surface area contributed by atoms with Crippen LogP contribution >= 0.6 is 0 Å². The van der Waals surface area contributed by atoms with E-state index in [1.54, 1.807) is 6.92 Å².